The van der Waals surface area contributed by atoms with Crippen LogP contribution in [0.3, 0.4) is 0 Å². The van der Waals surface area contributed by atoms with Crippen LogP contribution in [0.4, 0.5) is 10.1 Å². The lowest BCUT2D eigenvalue weighted by Crippen LogP contribution is -2.18. The molecule has 0 bridgehead atoms. The Hall–Kier alpha value is -2.11. The van der Waals surface area contributed by atoms with Crippen LogP contribution in [0.25, 0.3) is 0 Å². The highest BCUT2D eigenvalue weighted by molar-refractivity contribution is 5.93. The minimum Gasteiger partial charge on any atom is -0.481 e. The van der Waals surface area contributed by atoms with Crippen molar-refractivity contribution in [2.45, 2.75) is 33.1 Å². The van der Waals surface area contributed by atoms with E-state index in [1.807, 2.05) is 13.8 Å². The van der Waals surface area contributed by atoms with Gasteiger partial charge < -0.3 is 16.2 Å². The van der Waals surface area contributed by atoms with Crippen LogP contribution in [-0.4, -0.2) is 23.5 Å². The van der Waals surface area contributed by atoms with Gasteiger partial charge in [-0.05, 0) is 36.5 Å². The number of carboxylic acid groups (broad SMARTS) is 1. The summed E-state index contributed by atoms with van der Waals surface area (Å²) in [4.78, 5) is 21.5. The monoisotopic (exact) mass is 296 g/mol. The summed E-state index contributed by atoms with van der Waals surface area (Å²) in [6.45, 7) is 4.47. The van der Waals surface area contributed by atoms with Crippen molar-refractivity contribution in [3.05, 3.63) is 29.6 Å². The molecule has 1 aromatic carbocycles. The fourth-order valence-electron chi connectivity index (χ4n) is 1.92. The largest absolute Gasteiger partial charge is 0.481 e. The Kier molecular flexibility index (Phi) is 5.69. The highest BCUT2D eigenvalue weighted by Gasteiger charge is 2.19. The summed E-state index contributed by atoms with van der Waals surface area (Å²) in [6, 6.07) is 4.03. The molecule has 6 heteroatoms. The average molecular weight is 296 g/mol. The summed E-state index contributed by atoms with van der Waals surface area (Å²) in [5, 5.41) is 11.6. The zero-order chi connectivity index (χ0) is 16.0. The van der Waals surface area contributed by atoms with Crippen LogP contribution < -0.4 is 11.1 Å². The standard InChI is InChI=1S/C15H21FN2O3/c1-15(2,6-5-13(19)20)7-8-18-12-4-3-10(14(17)21)9-11(12)16/h3-4,9,18H,5-8H2,1-2H3,(H2,17,21)(H,19,20). The Morgan fingerprint density at radius 1 is 1.33 bits per heavy atom. The van der Waals surface area contributed by atoms with E-state index in [1.165, 1.54) is 12.1 Å². The molecule has 0 radical (unpaired) electrons. The molecule has 0 heterocycles. The van der Waals surface area contributed by atoms with Crippen LogP contribution in [0.5, 0.6) is 0 Å². The van der Waals surface area contributed by atoms with Crippen LogP contribution in [0, 0.1) is 11.2 Å². The van der Waals surface area contributed by atoms with Gasteiger partial charge >= 0.3 is 5.97 Å². The van der Waals surface area contributed by atoms with Crippen molar-refractivity contribution in [3.63, 3.8) is 0 Å². The molecule has 1 rings (SSSR count). The second-order valence-corrected chi connectivity index (χ2v) is 5.79. The number of hydrogen-bond donors (Lipinski definition) is 3. The second kappa shape index (κ2) is 7.06. The quantitative estimate of drug-likeness (QED) is 0.687. The second-order valence-electron chi connectivity index (χ2n) is 5.79. The maximum absolute atomic E-state index is 13.7. The molecule has 116 valence electrons. The van der Waals surface area contributed by atoms with E-state index in [-0.39, 0.29) is 17.4 Å². The number of amides is 1. The van der Waals surface area contributed by atoms with E-state index in [4.69, 9.17) is 10.8 Å². The van der Waals surface area contributed by atoms with E-state index >= 15 is 0 Å². The van der Waals surface area contributed by atoms with E-state index in [0.29, 0.717) is 25.1 Å². The Bertz CT molecular complexity index is 530. The third-order valence-electron chi connectivity index (χ3n) is 3.39. The maximum atomic E-state index is 13.7. The molecule has 0 atom stereocenters. The van der Waals surface area contributed by atoms with Gasteiger partial charge in [0.1, 0.15) is 5.82 Å². The van der Waals surface area contributed by atoms with Crippen LogP contribution >= 0.6 is 0 Å². The van der Waals surface area contributed by atoms with Crippen molar-refractivity contribution in [1.29, 1.82) is 0 Å². The van der Waals surface area contributed by atoms with Crippen molar-refractivity contribution >= 4 is 17.6 Å². The molecule has 0 aromatic heterocycles. The highest BCUT2D eigenvalue weighted by Crippen LogP contribution is 2.27. The molecule has 1 amide bonds. The lowest BCUT2D eigenvalue weighted by Gasteiger charge is -2.24. The van der Waals surface area contributed by atoms with Crippen LogP contribution in [-0.2, 0) is 4.79 Å². The molecule has 5 nitrogen and oxygen atoms in total. The van der Waals surface area contributed by atoms with Crippen LogP contribution in [0.2, 0.25) is 0 Å². The molecule has 0 fully saturated rings. The van der Waals surface area contributed by atoms with Gasteiger partial charge in [0.2, 0.25) is 5.91 Å². The van der Waals surface area contributed by atoms with E-state index in [0.717, 1.165) is 6.07 Å². The van der Waals surface area contributed by atoms with Gasteiger partial charge in [0, 0.05) is 18.5 Å². The molecule has 0 aliphatic carbocycles. The summed E-state index contributed by atoms with van der Waals surface area (Å²) in [6.07, 6.45) is 1.39. The number of aliphatic carboxylic acids is 1. The first kappa shape index (κ1) is 16.9. The summed E-state index contributed by atoms with van der Waals surface area (Å²) in [5.41, 5.74) is 5.35. The fraction of sp³-hybridized carbons (Fsp3) is 0.467. The topological polar surface area (TPSA) is 92.4 Å². The van der Waals surface area contributed by atoms with Gasteiger partial charge in [-0.3, -0.25) is 9.59 Å². The summed E-state index contributed by atoms with van der Waals surface area (Å²) < 4.78 is 13.7. The number of primary amides is 1. The van der Waals surface area contributed by atoms with Crippen molar-refractivity contribution in [3.8, 4) is 0 Å². The minimum atomic E-state index is -0.816. The third-order valence-corrected chi connectivity index (χ3v) is 3.39. The normalized spacial score (nSPS) is 11.2. The molecule has 1 aromatic rings. The molecule has 0 saturated carbocycles. The summed E-state index contributed by atoms with van der Waals surface area (Å²) >= 11 is 0. The van der Waals surface area contributed by atoms with Gasteiger partial charge in [0.25, 0.3) is 0 Å². The first-order valence-electron chi connectivity index (χ1n) is 6.76. The number of carboxylic acids is 1. The molecular formula is C15H21FN2O3. The minimum absolute atomic E-state index is 0.120. The van der Waals surface area contributed by atoms with Gasteiger partial charge in [0.05, 0.1) is 5.69 Å². The Morgan fingerprint density at radius 2 is 2.00 bits per heavy atom. The van der Waals surface area contributed by atoms with Crippen LogP contribution in [0.15, 0.2) is 18.2 Å². The smallest absolute Gasteiger partial charge is 0.303 e. The lowest BCUT2D eigenvalue weighted by atomic mass is 9.84. The van der Waals surface area contributed by atoms with Gasteiger partial charge in [-0.1, -0.05) is 13.8 Å². The number of carbonyl (C=O) groups is 2. The number of nitrogens with two attached hydrogens (primary N) is 1. The van der Waals surface area contributed by atoms with E-state index < -0.39 is 17.7 Å². The van der Waals surface area contributed by atoms with Crippen molar-refractivity contribution < 1.29 is 19.1 Å². The van der Waals surface area contributed by atoms with Gasteiger partial charge in [-0.2, -0.15) is 0 Å². The van der Waals surface area contributed by atoms with E-state index in [1.54, 1.807) is 0 Å². The molecule has 0 spiro atoms. The van der Waals surface area contributed by atoms with E-state index in [9.17, 15) is 14.0 Å². The number of anilines is 1. The number of carbonyl (C=O) groups excluding carboxylic acids is 1. The van der Waals surface area contributed by atoms with Crippen LogP contribution in [0.1, 0.15) is 43.5 Å². The predicted molar refractivity (Wildman–Crippen MR) is 78.7 cm³/mol. The molecule has 0 saturated heterocycles. The Labute approximate surface area is 123 Å². The third kappa shape index (κ3) is 5.81. The first-order valence-corrected chi connectivity index (χ1v) is 6.76. The van der Waals surface area contributed by atoms with Crippen molar-refractivity contribution in [2.75, 3.05) is 11.9 Å². The molecule has 0 aliphatic heterocycles. The zero-order valence-electron chi connectivity index (χ0n) is 12.3. The molecule has 4 N–H and O–H groups in total. The van der Waals surface area contributed by atoms with Crippen molar-refractivity contribution in [2.24, 2.45) is 11.1 Å². The number of hydrogen-bond acceptors (Lipinski definition) is 3. The first-order chi connectivity index (χ1) is 9.71. The van der Waals surface area contributed by atoms with Gasteiger partial charge in [0.15, 0.2) is 0 Å². The predicted octanol–water partition coefficient (Wildman–Crippen LogP) is 2.62. The molecule has 0 aliphatic rings. The number of nitrogens with one attached hydrogen (secondary N) is 1. The number of rotatable bonds is 8. The zero-order valence-corrected chi connectivity index (χ0v) is 12.3. The van der Waals surface area contributed by atoms with E-state index in [2.05, 4.69) is 5.32 Å². The summed E-state index contributed by atoms with van der Waals surface area (Å²) in [7, 11) is 0. The Balaban J connectivity index is 2.52. The fourth-order valence-corrected chi connectivity index (χ4v) is 1.92. The molecule has 21 heavy (non-hydrogen) atoms. The van der Waals surface area contributed by atoms with Crippen molar-refractivity contribution in [1.82, 2.24) is 0 Å². The molecule has 0 unspecified atom stereocenters. The number of halogens is 1. The highest BCUT2D eigenvalue weighted by atomic mass is 19.1. The summed E-state index contributed by atoms with van der Waals surface area (Å²) in [5.74, 6) is -2.02. The maximum Gasteiger partial charge on any atom is 0.303 e. The molecular weight excluding hydrogens is 275 g/mol. The van der Waals surface area contributed by atoms with Gasteiger partial charge in [-0.15, -0.1) is 0 Å². The SMILES string of the molecule is CC(C)(CCNc1ccc(C(N)=O)cc1F)CCC(=O)O. The average Bonchev–Trinajstić information content (AvgIpc) is 2.38. The lowest BCUT2D eigenvalue weighted by molar-refractivity contribution is -0.137. The van der Waals surface area contributed by atoms with Gasteiger partial charge in [-0.25, -0.2) is 4.39 Å². The number of benzene rings is 1. The Morgan fingerprint density at radius 3 is 2.52 bits per heavy atom.